The first-order valence-corrected chi connectivity index (χ1v) is 4.10. The molecule has 64 valence electrons. The molecule has 0 saturated carbocycles. The highest BCUT2D eigenvalue weighted by atomic mass is 16.1. The van der Waals surface area contributed by atoms with E-state index >= 15 is 0 Å². The van der Waals surface area contributed by atoms with Gasteiger partial charge in [-0.25, -0.2) is 0 Å². The second-order valence-corrected chi connectivity index (χ2v) is 2.79. The van der Waals surface area contributed by atoms with E-state index in [1.807, 2.05) is 36.5 Å². The number of carbonyl (C=O) groups is 1. The Morgan fingerprint density at radius 2 is 2.15 bits per heavy atom. The van der Waals surface area contributed by atoms with Crippen LogP contribution in [0.4, 0.5) is 5.69 Å². The van der Waals surface area contributed by atoms with Crippen molar-refractivity contribution in [2.75, 3.05) is 5.32 Å². The number of para-hydroxylation sites is 1. The van der Waals surface area contributed by atoms with Gasteiger partial charge in [0.05, 0.1) is 0 Å². The molecule has 1 aliphatic heterocycles. The lowest BCUT2D eigenvalue weighted by atomic mass is 10.1. The molecule has 0 radical (unpaired) electrons. The number of nitrogens with one attached hydrogen (secondary N) is 1. The van der Waals surface area contributed by atoms with E-state index in [0.29, 0.717) is 5.57 Å². The Balaban J connectivity index is 0.000000980. The molecule has 1 aromatic carbocycles. The van der Waals surface area contributed by atoms with Gasteiger partial charge in [-0.2, -0.15) is 0 Å². The van der Waals surface area contributed by atoms with Crippen LogP contribution in [-0.2, 0) is 4.79 Å². The fourth-order valence-electron chi connectivity index (χ4n) is 1.34. The first-order chi connectivity index (χ1) is 6.42. The lowest BCUT2D eigenvalue weighted by molar-refractivity contribution is -0.103. The summed E-state index contributed by atoms with van der Waals surface area (Å²) in [4.78, 5) is 10.7. The Hall–Kier alpha value is -1.83. The van der Waals surface area contributed by atoms with E-state index in [2.05, 4.69) is 5.32 Å². The topological polar surface area (TPSA) is 29.1 Å². The summed E-state index contributed by atoms with van der Waals surface area (Å²) in [5.74, 6) is 0. The van der Waals surface area contributed by atoms with Gasteiger partial charge in [-0.1, -0.05) is 18.2 Å². The second-order valence-electron chi connectivity index (χ2n) is 2.79. The Kier molecular flexibility index (Phi) is 1.96. The maximum atomic E-state index is 10.7. The minimum absolute atomic E-state index is 0. The smallest absolute Gasteiger partial charge is 0.361 e. The van der Waals surface area contributed by atoms with Gasteiger partial charge in [0.15, 0.2) is 6.29 Å². The van der Waals surface area contributed by atoms with Crippen LogP contribution >= 0.6 is 0 Å². The van der Waals surface area contributed by atoms with Crippen molar-refractivity contribution in [3.8, 4) is 0 Å². The Labute approximate surface area is 78.1 Å². The molecule has 0 bridgehead atoms. The standard InChI is InChI=1S/C11H9NO/c13-8-9-4-3-7-12-11-6-2-1-5-10(9)11/h1-8,12H/p+1. The van der Waals surface area contributed by atoms with E-state index < -0.39 is 0 Å². The second kappa shape index (κ2) is 3.27. The van der Waals surface area contributed by atoms with E-state index in [9.17, 15) is 4.79 Å². The molecular formula is C11H10NO+. The molecule has 0 aliphatic carbocycles. The van der Waals surface area contributed by atoms with E-state index in [4.69, 9.17) is 0 Å². The van der Waals surface area contributed by atoms with Crippen molar-refractivity contribution in [1.29, 1.82) is 0 Å². The lowest BCUT2D eigenvalue weighted by Gasteiger charge is -2.05. The number of hydrogen-bond acceptors (Lipinski definition) is 2. The third-order valence-corrected chi connectivity index (χ3v) is 1.98. The van der Waals surface area contributed by atoms with Crippen molar-refractivity contribution in [3.63, 3.8) is 0 Å². The van der Waals surface area contributed by atoms with Crippen LogP contribution in [0, 0.1) is 0 Å². The number of benzene rings is 1. The predicted octanol–water partition coefficient (Wildman–Crippen LogP) is 2.32. The van der Waals surface area contributed by atoms with Crippen LogP contribution in [0.1, 0.15) is 6.99 Å². The van der Waals surface area contributed by atoms with E-state index in [1.54, 1.807) is 6.08 Å². The van der Waals surface area contributed by atoms with E-state index in [0.717, 1.165) is 17.5 Å². The predicted molar refractivity (Wildman–Crippen MR) is 54.4 cm³/mol. The zero-order valence-corrected chi connectivity index (χ0v) is 7.03. The number of aldehydes is 1. The quantitative estimate of drug-likeness (QED) is 0.658. The number of anilines is 1. The first-order valence-electron chi connectivity index (χ1n) is 4.10. The van der Waals surface area contributed by atoms with Crippen molar-refractivity contribution < 1.29 is 6.22 Å². The average Bonchev–Trinajstić information content (AvgIpc) is 2.39. The van der Waals surface area contributed by atoms with Gasteiger partial charge >= 0.3 is 1.43 Å². The molecule has 0 unspecified atom stereocenters. The molecule has 0 spiro atoms. The van der Waals surface area contributed by atoms with Crippen LogP contribution in [0.15, 0.2) is 42.6 Å². The molecule has 2 heteroatoms. The van der Waals surface area contributed by atoms with Gasteiger partial charge in [-0.05, 0) is 18.2 Å². The third-order valence-electron chi connectivity index (χ3n) is 1.98. The number of fused-ring (bicyclic) bond motifs is 1. The lowest BCUT2D eigenvalue weighted by Crippen LogP contribution is -1.91. The molecule has 0 atom stereocenters. The van der Waals surface area contributed by atoms with Gasteiger partial charge in [-0.15, -0.1) is 0 Å². The summed E-state index contributed by atoms with van der Waals surface area (Å²) >= 11 is 0. The van der Waals surface area contributed by atoms with Crippen molar-refractivity contribution in [2.24, 2.45) is 0 Å². The molecule has 1 N–H and O–H groups in total. The monoisotopic (exact) mass is 172 g/mol. The summed E-state index contributed by atoms with van der Waals surface area (Å²) in [5, 5.41) is 3.10. The van der Waals surface area contributed by atoms with Crippen molar-refractivity contribution in [2.45, 2.75) is 0 Å². The minimum Gasteiger partial charge on any atom is -0.361 e. The van der Waals surface area contributed by atoms with Gasteiger partial charge in [-0.3, -0.25) is 4.79 Å². The van der Waals surface area contributed by atoms with E-state index in [1.165, 1.54) is 0 Å². The summed E-state index contributed by atoms with van der Waals surface area (Å²) in [6, 6.07) is 7.73. The van der Waals surface area contributed by atoms with Crippen LogP contribution in [0.3, 0.4) is 0 Å². The van der Waals surface area contributed by atoms with Gasteiger partial charge in [0, 0.05) is 23.0 Å². The van der Waals surface area contributed by atoms with Crippen LogP contribution in [0.2, 0.25) is 0 Å². The molecule has 0 saturated heterocycles. The highest BCUT2D eigenvalue weighted by molar-refractivity contribution is 6.10. The number of carbonyl (C=O) groups excluding carboxylic acids is 1. The highest BCUT2D eigenvalue weighted by Gasteiger charge is 2.06. The molecule has 2 nitrogen and oxygen atoms in total. The maximum Gasteiger partial charge on any atom is 1.00 e. The molecule has 2 rings (SSSR count). The van der Waals surface area contributed by atoms with Crippen LogP contribution in [0.5, 0.6) is 0 Å². The molecule has 1 aliphatic rings. The summed E-state index contributed by atoms with van der Waals surface area (Å²) in [5.41, 5.74) is 2.62. The van der Waals surface area contributed by atoms with E-state index in [-0.39, 0.29) is 1.43 Å². The summed E-state index contributed by atoms with van der Waals surface area (Å²) in [6.45, 7) is 0. The zero-order valence-electron chi connectivity index (χ0n) is 8.03. The molecule has 1 aromatic rings. The van der Waals surface area contributed by atoms with Crippen molar-refractivity contribution >= 4 is 17.5 Å². The van der Waals surface area contributed by atoms with Crippen molar-refractivity contribution in [3.05, 3.63) is 48.2 Å². The number of rotatable bonds is 1. The SMILES string of the molecule is O=CC1=CC=CNc2ccccc21.[H+]. The van der Waals surface area contributed by atoms with Gasteiger partial charge in [0.1, 0.15) is 0 Å². The summed E-state index contributed by atoms with van der Waals surface area (Å²) in [6.07, 6.45) is 6.31. The molecule has 0 aromatic heterocycles. The zero-order chi connectivity index (χ0) is 9.10. The van der Waals surface area contributed by atoms with Crippen molar-refractivity contribution in [1.82, 2.24) is 0 Å². The first kappa shape index (κ1) is 7.80. The van der Waals surface area contributed by atoms with Gasteiger partial charge < -0.3 is 5.32 Å². The van der Waals surface area contributed by atoms with Crippen LogP contribution in [0.25, 0.3) is 5.57 Å². The fraction of sp³-hybridized carbons (Fsp3) is 0. The Morgan fingerprint density at radius 1 is 1.31 bits per heavy atom. The average molecular weight is 172 g/mol. The number of hydrogen-bond donors (Lipinski definition) is 1. The summed E-state index contributed by atoms with van der Waals surface area (Å²) < 4.78 is 0. The largest absolute Gasteiger partial charge is 1.00 e. The van der Waals surface area contributed by atoms with Gasteiger partial charge in [0.25, 0.3) is 0 Å². The number of allylic oxidation sites excluding steroid dienone is 3. The molecule has 0 amide bonds. The van der Waals surface area contributed by atoms with Crippen LogP contribution in [-0.4, -0.2) is 6.29 Å². The highest BCUT2D eigenvalue weighted by Crippen LogP contribution is 2.24. The maximum absolute atomic E-state index is 10.7. The summed E-state index contributed by atoms with van der Waals surface area (Å²) in [7, 11) is 0. The van der Waals surface area contributed by atoms with Gasteiger partial charge in [0.2, 0.25) is 0 Å². The Morgan fingerprint density at radius 3 is 3.00 bits per heavy atom. The molecule has 13 heavy (non-hydrogen) atoms. The third kappa shape index (κ3) is 1.38. The minimum atomic E-state index is 0. The normalized spacial score (nSPS) is 13.7. The molecule has 0 fully saturated rings. The van der Waals surface area contributed by atoms with Crippen LogP contribution < -0.4 is 5.32 Å². The molecular weight excluding hydrogens is 162 g/mol. The molecule has 1 heterocycles. The fourth-order valence-corrected chi connectivity index (χ4v) is 1.34. The Bertz CT molecular complexity index is 396.